The molecular weight excluding hydrogens is 476 g/mol. The fourth-order valence-electron chi connectivity index (χ4n) is 6.51. The number of carbonyl (C=O) groups is 3. The molecule has 36 heavy (non-hydrogen) atoms. The molecule has 4 aromatic rings. The van der Waals surface area contributed by atoms with Crippen LogP contribution in [0.4, 0.5) is 11.4 Å². The van der Waals surface area contributed by atoms with E-state index in [1.807, 2.05) is 60.0 Å². The van der Waals surface area contributed by atoms with Gasteiger partial charge in [0.25, 0.3) is 5.91 Å². The molecule has 0 bridgehead atoms. The van der Waals surface area contributed by atoms with Gasteiger partial charge in [0, 0.05) is 34.1 Å². The lowest BCUT2D eigenvalue weighted by molar-refractivity contribution is -0.733. The summed E-state index contributed by atoms with van der Waals surface area (Å²) in [6.45, 7) is 0. The van der Waals surface area contributed by atoms with Crippen LogP contribution in [0.15, 0.2) is 79.0 Å². The van der Waals surface area contributed by atoms with Gasteiger partial charge in [0.1, 0.15) is 17.9 Å². The first-order valence-corrected chi connectivity index (χ1v) is 12.3. The van der Waals surface area contributed by atoms with Gasteiger partial charge in [-0.1, -0.05) is 48.0 Å². The summed E-state index contributed by atoms with van der Waals surface area (Å²) in [5.74, 6) is -2.35. The van der Waals surface area contributed by atoms with Gasteiger partial charge in [0.05, 0.1) is 11.4 Å². The first kappa shape index (κ1) is 21.4. The van der Waals surface area contributed by atoms with Crippen molar-refractivity contribution in [2.75, 3.05) is 10.2 Å². The van der Waals surface area contributed by atoms with Crippen molar-refractivity contribution in [2.45, 2.75) is 18.0 Å². The summed E-state index contributed by atoms with van der Waals surface area (Å²) in [6.07, 6.45) is 2.50. The highest BCUT2D eigenvalue weighted by atomic mass is 35.5. The molecule has 7 rings (SSSR count). The third-order valence-corrected chi connectivity index (χ3v) is 8.24. The van der Waals surface area contributed by atoms with Crippen LogP contribution in [0.5, 0.6) is 0 Å². The van der Waals surface area contributed by atoms with E-state index in [1.54, 1.807) is 24.3 Å². The predicted octanol–water partition coefficient (Wildman–Crippen LogP) is 2.96. The Morgan fingerprint density at radius 1 is 0.917 bits per heavy atom. The van der Waals surface area contributed by atoms with E-state index in [9.17, 15) is 14.4 Å². The number of nitrogens with two attached hydrogens (primary N) is 1. The van der Waals surface area contributed by atoms with Gasteiger partial charge in [-0.15, -0.1) is 0 Å². The molecule has 0 radical (unpaired) electrons. The number of benzene rings is 3. The number of hydrogen-bond acceptors (Lipinski definition) is 3. The van der Waals surface area contributed by atoms with Crippen molar-refractivity contribution in [3.63, 3.8) is 0 Å². The number of hydrogen-bond donors (Lipinski definition) is 3. The first-order valence-electron chi connectivity index (χ1n) is 11.9. The number of carbonyl (C=O) groups excluding carboxylic acids is 3. The van der Waals surface area contributed by atoms with Crippen LogP contribution in [0.3, 0.4) is 0 Å². The molecule has 3 amide bonds. The van der Waals surface area contributed by atoms with E-state index in [-0.39, 0.29) is 23.8 Å². The minimum atomic E-state index is -1.20. The molecule has 3 aromatic carbocycles. The Kier molecular flexibility index (Phi) is 4.46. The number of anilines is 2. The average molecular weight is 498 g/mol. The number of rotatable bonds is 3. The number of nitrogens with one attached hydrogen (secondary N) is 2. The highest BCUT2D eigenvalue weighted by Gasteiger charge is 2.74. The van der Waals surface area contributed by atoms with Gasteiger partial charge >= 0.3 is 0 Å². The zero-order valence-electron chi connectivity index (χ0n) is 19.1. The van der Waals surface area contributed by atoms with E-state index < -0.39 is 17.4 Å². The molecule has 4 N–H and O–H groups in total. The molecule has 2 fully saturated rings. The maximum absolute atomic E-state index is 14.0. The third kappa shape index (κ3) is 2.75. The number of aromatic nitrogens is 1. The van der Waals surface area contributed by atoms with E-state index in [4.69, 9.17) is 11.6 Å². The van der Waals surface area contributed by atoms with Crippen LogP contribution >= 0.6 is 11.6 Å². The van der Waals surface area contributed by atoms with E-state index in [0.29, 0.717) is 22.8 Å². The molecule has 1 spiro atoms. The number of amides is 3. The number of quaternary nitrogens is 1. The number of imide groups is 1. The number of nitrogens with zero attached hydrogens (tertiary/aromatic N) is 1. The van der Waals surface area contributed by atoms with Crippen LogP contribution in [-0.4, -0.2) is 28.7 Å². The molecule has 178 valence electrons. The van der Waals surface area contributed by atoms with E-state index in [0.717, 1.165) is 22.0 Å². The number of aromatic amines is 1. The van der Waals surface area contributed by atoms with Crippen molar-refractivity contribution in [1.82, 2.24) is 4.98 Å². The van der Waals surface area contributed by atoms with E-state index in [1.165, 1.54) is 4.90 Å². The smallest absolute Gasteiger partial charge is 0.291 e. The van der Waals surface area contributed by atoms with E-state index >= 15 is 0 Å². The van der Waals surface area contributed by atoms with Crippen LogP contribution in [-0.2, 0) is 26.3 Å². The summed E-state index contributed by atoms with van der Waals surface area (Å²) in [5, 5.41) is 6.54. The van der Waals surface area contributed by atoms with Gasteiger partial charge in [-0.25, -0.2) is 4.90 Å². The molecule has 3 aliphatic heterocycles. The zero-order valence-corrected chi connectivity index (χ0v) is 19.8. The molecule has 0 unspecified atom stereocenters. The second-order valence-electron chi connectivity index (χ2n) is 9.75. The second-order valence-corrected chi connectivity index (χ2v) is 10.2. The maximum Gasteiger partial charge on any atom is 0.291 e. The molecule has 8 heteroatoms. The van der Waals surface area contributed by atoms with Crippen molar-refractivity contribution in [2.24, 2.45) is 11.8 Å². The van der Waals surface area contributed by atoms with Gasteiger partial charge in [-0.3, -0.25) is 14.4 Å². The second kappa shape index (κ2) is 7.53. The first-order chi connectivity index (χ1) is 17.5. The lowest BCUT2D eigenvalue weighted by atomic mass is 9.76. The van der Waals surface area contributed by atoms with Gasteiger partial charge in [-0.2, -0.15) is 0 Å². The molecule has 0 aliphatic carbocycles. The molecule has 1 aromatic heterocycles. The number of H-pyrrole nitrogens is 1. The van der Waals surface area contributed by atoms with Gasteiger partial charge < -0.3 is 15.6 Å². The minimum absolute atomic E-state index is 0.251. The van der Waals surface area contributed by atoms with Crippen LogP contribution in [0, 0.1) is 11.8 Å². The molecule has 3 aliphatic rings. The van der Waals surface area contributed by atoms with E-state index in [2.05, 4.69) is 10.3 Å². The Labute approximate surface area is 211 Å². The lowest BCUT2D eigenvalue weighted by Gasteiger charge is -2.26. The van der Waals surface area contributed by atoms with Crippen LogP contribution in [0.2, 0.25) is 5.02 Å². The van der Waals surface area contributed by atoms with Crippen molar-refractivity contribution < 1.29 is 19.7 Å². The zero-order chi connectivity index (χ0) is 24.6. The highest BCUT2D eigenvalue weighted by molar-refractivity contribution is 6.31. The number of para-hydroxylation sites is 2. The highest BCUT2D eigenvalue weighted by Crippen LogP contribution is 2.50. The summed E-state index contributed by atoms with van der Waals surface area (Å²) in [4.78, 5) is 46.2. The van der Waals surface area contributed by atoms with Gasteiger partial charge in [-0.05, 0) is 42.0 Å². The summed E-state index contributed by atoms with van der Waals surface area (Å²) >= 11 is 6.06. The van der Waals surface area contributed by atoms with Gasteiger partial charge in [0.2, 0.25) is 17.4 Å². The van der Waals surface area contributed by atoms with Crippen molar-refractivity contribution in [3.8, 4) is 0 Å². The minimum Gasteiger partial charge on any atom is -0.361 e. The predicted molar refractivity (Wildman–Crippen MR) is 135 cm³/mol. The van der Waals surface area contributed by atoms with Crippen molar-refractivity contribution >= 4 is 51.6 Å². The monoisotopic (exact) mass is 497 g/mol. The fourth-order valence-corrected chi connectivity index (χ4v) is 6.63. The summed E-state index contributed by atoms with van der Waals surface area (Å²) in [6, 6.07) is 21.8. The van der Waals surface area contributed by atoms with Crippen molar-refractivity contribution in [3.05, 3.63) is 95.1 Å². The summed E-state index contributed by atoms with van der Waals surface area (Å²) in [5.41, 5.74) is 2.78. The van der Waals surface area contributed by atoms with Crippen LogP contribution in [0.25, 0.3) is 10.9 Å². The normalized spacial score (nSPS) is 26.6. The third-order valence-electron chi connectivity index (χ3n) is 7.99. The standard InChI is InChI=1S/C28H21ClN4O3/c29-16-9-11-17(12-10-16)33-25(34)23-22(13-15-14-30-20-7-3-1-5-18(15)20)32-28(24(23)26(33)35)19-6-2-4-8-21(19)31-27(28)36/h1-12,14,22-24,30,32H,13H2,(H,31,36)/p+1/t22-,23-,24-,28-/m1/s1. The quantitative estimate of drug-likeness (QED) is 0.379. The molecule has 2 saturated heterocycles. The molecule has 4 heterocycles. The lowest BCUT2D eigenvalue weighted by Crippen LogP contribution is -2.99. The van der Waals surface area contributed by atoms with Crippen LogP contribution in [0.1, 0.15) is 11.1 Å². The number of halogens is 1. The maximum atomic E-state index is 14.0. The summed E-state index contributed by atoms with van der Waals surface area (Å²) in [7, 11) is 0. The summed E-state index contributed by atoms with van der Waals surface area (Å²) < 4.78 is 0. The topological polar surface area (TPSA) is 98.9 Å². The SMILES string of the molecule is O=C1[C@@H]2[C@@H](Cc3c[nH]c4ccccc34)[NH2+][C@@]3(C(=O)Nc4ccccc43)[C@H]2C(=O)N1c1ccc(Cl)cc1. The Balaban J connectivity index is 1.37. The molecule has 7 nitrogen and oxygen atoms in total. The average Bonchev–Trinajstić information content (AvgIpc) is 3.59. The Hall–Kier alpha value is -3.94. The Morgan fingerprint density at radius 2 is 1.67 bits per heavy atom. The number of fused-ring (bicyclic) bond motifs is 5. The largest absolute Gasteiger partial charge is 0.361 e. The van der Waals surface area contributed by atoms with Gasteiger partial charge in [0.15, 0.2) is 0 Å². The fraction of sp³-hybridized carbons (Fsp3) is 0.179. The van der Waals surface area contributed by atoms with Crippen LogP contribution < -0.4 is 15.5 Å². The Morgan fingerprint density at radius 3 is 2.50 bits per heavy atom. The molecule has 4 atom stereocenters. The Bertz CT molecular complexity index is 1580. The van der Waals surface area contributed by atoms with Crippen molar-refractivity contribution in [1.29, 1.82) is 0 Å². The molecular formula is C28H22ClN4O3+. The molecule has 0 saturated carbocycles.